The number of unbranched alkanes of at least 4 members (excludes halogenated alkanes) is 6. The molecule has 0 fully saturated rings. The van der Waals surface area contributed by atoms with Crippen LogP contribution < -0.4 is 4.74 Å². The van der Waals surface area contributed by atoms with Crippen LogP contribution in [0.15, 0.2) is 42.5 Å². The molecule has 5 heteroatoms. The van der Waals surface area contributed by atoms with E-state index in [1.54, 1.807) is 6.08 Å². The maximum atomic E-state index is 9.83. The summed E-state index contributed by atoms with van der Waals surface area (Å²) in [6.45, 7) is 5.72. The topological polar surface area (TPSA) is 50.8 Å². The molecule has 4 nitrogen and oxygen atoms in total. The Morgan fingerprint density at radius 2 is 1.81 bits per heavy atom. The van der Waals surface area contributed by atoms with Crippen LogP contribution >= 0.6 is 11.6 Å². The summed E-state index contributed by atoms with van der Waals surface area (Å²) in [4.78, 5) is 4.68. The van der Waals surface area contributed by atoms with Gasteiger partial charge in [0.2, 0.25) is 0 Å². The Morgan fingerprint density at radius 3 is 2.53 bits per heavy atom. The predicted molar refractivity (Wildman–Crippen MR) is 134 cm³/mol. The highest BCUT2D eigenvalue weighted by atomic mass is 35.5. The van der Waals surface area contributed by atoms with Gasteiger partial charge in [0.05, 0.1) is 28.2 Å². The second-order valence-electron chi connectivity index (χ2n) is 7.99. The molecule has 0 unspecified atom stereocenters. The summed E-state index contributed by atoms with van der Waals surface area (Å²) >= 11 is 6.52. The fraction of sp³-hybridized carbons (Fsp3) is 0.407. The zero-order chi connectivity index (χ0) is 22.8. The fourth-order valence-corrected chi connectivity index (χ4v) is 4.09. The molecule has 0 bridgehead atoms. The summed E-state index contributed by atoms with van der Waals surface area (Å²) in [7, 11) is 0. The smallest absolute Gasteiger partial charge is 0.151 e. The lowest BCUT2D eigenvalue weighted by Crippen LogP contribution is -2.00. The van der Waals surface area contributed by atoms with Gasteiger partial charge in [0.15, 0.2) is 5.82 Å². The second kappa shape index (κ2) is 12.3. The highest BCUT2D eigenvalue weighted by Crippen LogP contribution is 2.28. The van der Waals surface area contributed by atoms with Crippen molar-refractivity contribution >= 4 is 34.3 Å². The van der Waals surface area contributed by atoms with Crippen LogP contribution in [0, 0.1) is 11.3 Å². The zero-order valence-electron chi connectivity index (χ0n) is 19.1. The van der Waals surface area contributed by atoms with Gasteiger partial charge >= 0.3 is 0 Å². The Bertz CT molecular complexity index is 1090. The van der Waals surface area contributed by atoms with Crippen molar-refractivity contribution in [1.82, 2.24) is 9.55 Å². The summed E-state index contributed by atoms with van der Waals surface area (Å²) in [5.41, 5.74) is 3.17. The van der Waals surface area contributed by atoms with E-state index in [4.69, 9.17) is 16.3 Å². The minimum Gasteiger partial charge on any atom is -0.494 e. The molecule has 1 heterocycles. The first-order valence-electron chi connectivity index (χ1n) is 11.7. The summed E-state index contributed by atoms with van der Waals surface area (Å²) in [5, 5.41) is 10.4. The van der Waals surface area contributed by atoms with Crippen LogP contribution in [0.5, 0.6) is 5.75 Å². The Hall–Kier alpha value is -2.77. The normalized spacial score (nSPS) is 11.6. The van der Waals surface area contributed by atoms with Gasteiger partial charge in [-0.1, -0.05) is 69.2 Å². The average Bonchev–Trinajstić information content (AvgIpc) is 3.18. The van der Waals surface area contributed by atoms with E-state index >= 15 is 0 Å². The number of benzene rings is 2. The first-order chi connectivity index (χ1) is 15.7. The molecule has 0 aliphatic heterocycles. The molecule has 3 aromatic rings. The molecule has 0 saturated carbocycles. The second-order valence-corrected chi connectivity index (χ2v) is 8.40. The lowest BCUT2D eigenvalue weighted by molar-refractivity contribution is 0.304. The van der Waals surface area contributed by atoms with E-state index in [0.29, 0.717) is 23.0 Å². The number of ether oxygens (including phenoxy) is 1. The molecule has 3 rings (SSSR count). The quantitative estimate of drug-likeness (QED) is 0.208. The first kappa shape index (κ1) is 23.9. The number of aryl methyl sites for hydroxylation is 1. The third kappa shape index (κ3) is 6.14. The number of nitrogens with zero attached hydrogens (tertiary/aromatic N) is 3. The highest BCUT2D eigenvalue weighted by Gasteiger charge is 2.14. The third-order valence-corrected chi connectivity index (χ3v) is 5.95. The Balaban J connectivity index is 1.66. The van der Waals surface area contributed by atoms with E-state index in [1.807, 2.05) is 42.5 Å². The monoisotopic (exact) mass is 449 g/mol. The van der Waals surface area contributed by atoms with E-state index in [1.165, 1.54) is 38.5 Å². The van der Waals surface area contributed by atoms with Crippen molar-refractivity contribution in [2.75, 3.05) is 6.61 Å². The Labute approximate surface area is 196 Å². The molecule has 0 N–H and O–H groups in total. The van der Waals surface area contributed by atoms with E-state index in [2.05, 4.69) is 29.5 Å². The van der Waals surface area contributed by atoms with Crippen LogP contribution in [0.3, 0.4) is 0 Å². The molecule has 0 spiro atoms. The maximum absolute atomic E-state index is 9.83. The molecule has 0 saturated heterocycles. The molecule has 0 radical (unpaired) electrons. The first-order valence-corrected chi connectivity index (χ1v) is 12.1. The van der Waals surface area contributed by atoms with E-state index < -0.39 is 0 Å². The highest BCUT2D eigenvalue weighted by molar-refractivity contribution is 6.32. The van der Waals surface area contributed by atoms with Crippen molar-refractivity contribution in [3.8, 4) is 11.8 Å². The van der Waals surface area contributed by atoms with Crippen molar-refractivity contribution in [3.05, 3.63) is 58.9 Å². The lowest BCUT2D eigenvalue weighted by atomic mass is 10.1. The molecular formula is C27H32ClN3O. The van der Waals surface area contributed by atoms with Gasteiger partial charge in [-0.15, -0.1) is 0 Å². The van der Waals surface area contributed by atoms with Gasteiger partial charge in [-0.2, -0.15) is 5.26 Å². The SMILES string of the molecule is CCCCCCCCCOc1ccc(/C=C(/C#N)c2nc3ccccc3n2CC)c(Cl)c1. The van der Waals surface area contributed by atoms with Crippen LogP contribution in [0.25, 0.3) is 22.7 Å². The van der Waals surface area contributed by atoms with Crippen LogP contribution in [-0.2, 0) is 6.54 Å². The number of fused-ring (bicyclic) bond motifs is 1. The molecule has 168 valence electrons. The molecule has 1 aromatic heterocycles. The van der Waals surface area contributed by atoms with E-state index in [0.717, 1.165) is 35.3 Å². The zero-order valence-corrected chi connectivity index (χ0v) is 19.9. The summed E-state index contributed by atoms with van der Waals surface area (Å²) in [6, 6.07) is 15.9. The van der Waals surface area contributed by atoms with Crippen molar-refractivity contribution in [2.24, 2.45) is 0 Å². The van der Waals surface area contributed by atoms with E-state index in [9.17, 15) is 5.26 Å². The molecule has 0 amide bonds. The summed E-state index contributed by atoms with van der Waals surface area (Å²) in [5.74, 6) is 1.42. The average molecular weight is 450 g/mol. The molecular weight excluding hydrogens is 418 g/mol. The number of imidazole rings is 1. The number of hydrogen-bond acceptors (Lipinski definition) is 3. The predicted octanol–water partition coefficient (Wildman–Crippen LogP) is 7.90. The van der Waals surface area contributed by atoms with Gasteiger partial charge in [-0.3, -0.25) is 0 Å². The number of rotatable bonds is 12. The van der Waals surface area contributed by atoms with Gasteiger partial charge in [0, 0.05) is 6.54 Å². The summed E-state index contributed by atoms with van der Waals surface area (Å²) in [6.07, 6.45) is 10.6. The third-order valence-electron chi connectivity index (χ3n) is 5.62. The Kier molecular flexibility index (Phi) is 9.19. The molecule has 32 heavy (non-hydrogen) atoms. The Morgan fingerprint density at radius 1 is 1.06 bits per heavy atom. The molecule has 2 aromatic carbocycles. The van der Waals surface area contributed by atoms with Crippen LogP contribution in [0.1, 0.15) is 70.2 Å². The largest absolute Gasteiger partial charge is 0.494 e. The van der Waals surface area contributed by atoms with Crippen LogP contribution in [0.4, 0.5) is 0 Å². The molecule has 0 atom stereocenters. The number of halogens is 1. The van der Waals surface area contributed by atoms with Crippen molar-refractivity contribution in [2.45, 2.75) is 65.3 Å². The van der Waals surface area contributed by atoms with Crippen molar-refractivity contribution < 1.29 is 4.74 Å². The van der Waals surface area contributed by atoms with Crippen molar-refractivity contribution in [1.29, 1.82) is 5.26 Å². The van der Waals surface area contributed by atoms with Gasteiger partial charge in [0.25, 0.3) is 0 Å². The lowest BCUT2D eigenvalue weighted by Gasteiger charge is -2.09. The number of hydrogen-bond donors (Lipinski definition) is 0. The molecule has 0 aliphatic rings. The van der Waals surface area contributed by atoms with Crippen molar-refractivity contribution in [3.63, 3.8) is 0 Å². The number of para-hydroxylation sites is 2. The summed E-state index contributed by atoms with van der Waals surface area (Å²) < 4.78 is 7.93. The minimum absolute atomic E-state index is 0.488. The minimum atomic E-state index is 0.488. The van der Waals surface area contributed by atoms with Gasteiger partial charge in [0.1, 0.15) is 11.8 Å². The van der Waals surface area contributed by atoms with Crippen LogP contribution in [-0.4, -0.2) is 16.2 Å². The van der Waals surface area contributed by atoms with Gasteiger partial charge in [-0.05, 0) is 55.3 Å². The number of allylic oxidation sites excluding steroid dienone is 1. The van der Waals surface area contributed by atoms with Gasteiger partial charge in [-0.25, -0.2) is 4.98 Å². The van der Waals surface area contributed by atoms with Crippen LogP contribution in [0.2, 0.25) is 5.02 Å². The molecule has 0 aliphatic carbocycles. The number of nitriles is 1. The number of aromatic nitrogens is 2. The van der Waals surface area contributed by atoms with E-state index in [-0.39, 0.29) is 0 Å². The maximum Gasteiger partial charge on any atom is 0.151 e. The fourth-order valence-electron chi connectivity index (χ4n) is 3.87. The standard InChI is InChI=1S/C27H32ClN3O/c1-3-5-6-7-8-9-12-17-32-23-16-15-21(24(28)19-23)18-22(20-29)27-30-25-13-10-11-14-26(25)31(27)4-2/h10-11,13-16,18-19H,3-9,12,17H2,1-2H3/b22-18-. The van der Waals surface area contributed by atoms with Gasteiger partial charge < -0.3 is 9.30 Å².